The summed E-state index contributed by atoms with van der Waals surface area (Å²) in [7, 11) is 3.33. The summed E-state index contributed by atoms with van der Waals surface area (Å²) >= 11 is 5.81. The van der Waals surface area contributed by atoms with Gasteiger partial charge in [-0.2, -0.15) is 0 Å². The van der Waals surface area contributed by atoms with Crippen molar-refractivity contribution in [1.29, 1.82) is 0 Å². The zero-order valence-electron chi connectivity index (χ0n) is 17.9. The second-order valence-electron chi connectivity index (χ2n) is 7.18. The number of amides is 1. The molecular formula is C25H25ClN2O3. The summed E-state index contributed by atoms with van der Waals surface area (Å²) in [5.41, 5.74) is 4.26. The van der Waals surface area contributed by atoms with Crippen LogP contribution in [0.1, 0.15) is 35.7 Å². The first-order chi connectivity index (χ1) is 14.9. The number of nitrogens with zero attached hydrogens (tertiary/aromatic N) is 2. The van der Waals surface area contributed by atoms with Crippen molar-refractivity contribution >= 4 is 29.0 Å². The first-order valence-electron chi connectivity index (χ1n) is 10.1. The van der Waals surface area contributed by atoms with Crippen LogP contribution in [0.15, 0.2) is 60.8 Å². The van der Waals surface area contributed by atoms with Gasteiger partial charge in [-0.25, -0.2) is 4.98 Å². The number of anilines is 1. The van der Waals surface area contributed by atoms with E-state index in [-0.39, 0.29) is 11.7 Å². The summed E-state index contributed by atoms with van der Waals surface area (Å²) in [5.74, 6) is 0.610. The molecule has 6 heteroatoms. The predicted molar refractivity (Wildman–Crippen MR) is 124 cm³/mol. The smallest absolute Gasteiger partial charge is 0.226 e. The van der Waals surface area contributed by atoms with Gasteiger partial charge in [0.05, 0.1) is 12.7 Å². The molecule has 0 fully saturated rings. The van der Waals surface area contributed by atoms with Gasteiger partial charge >= 0.3 is 0 Å². The first-order valence-corrected chi connectivity index (χ1v) is 10.5. The van der Waals surface area contributed by atoms with Gasteiger partial charge in [0.2, 0.25) is 5.91 Å². The van der Waals surface area contributed by atoms with E-state index < -0.39 is 0 Å². The number of carbonyl (C=O) groups excluding carboxylic acids is 2. The molecule has 1 amide bonds. The van der Waals surface area contributed by atoms with Crippen LogP contribution < -0.4 is 9.64 Å². The van der Waals surface area contributed by atoms with Crippen LogP contribution in [0.4, 0.5) is 5.69 Å². The van der Waals surface area contributed by atoms with Gasteiger partial charge < -0.3 is 9.64 Å². The fraction of sp³-hybridized carbons (Fsp3) is 0.240. The molecule has 0 N–H and O–H groups in total. The number of ether oxygens (including phenoxy) is 1. The molecule has 3 aromatic rings. The Hall–Kier alpha value is -3.18. The Morgan fingerprint density at radius 1 is 1.03 bits per heavy atom. The number of ketones is 1. The van der Waals surface area contributed by atoms with Crippen LogP contribution in [0.5, 0.6) is 5.75 Å². The van der Waals surface area contributed by atoms with Crippen molar-refractivity contribution in [2.24, 2.45) is 0 Å². The minimum absolute atomic E-state index is 0.00778. The fourth-order valence-corrected chi connectivity index (χ4v) is 3.42. The van der Waals surface area contributed by atoms with E-state index in [4.69, 9.17) is 16.3 Å². The molecule has 0 aliphatic carbocycles. The second-order valence-corrected chi connectivity index (χ2v) is 7.57. The summed E-state index contributed by atoms with van der Waals surface area (Å²) in [5, 5.41) is 0.434. The third kappa shape index (κ3) is 5.50. The Labute approximate surface area is 187 Å². The number of benzene rings is 2. The zero-order valence-corrected chi connectivity index (χ0v) is 18.6. The van der Waals surface area contributed by atoms with E-state index >= 15 is 0 Å². The molecule has 3 rings (SSSR count). The monoisotopic (exact) mass is 436 g/mol. The third-order valence-electron chi connectivity index (χ3n) is 5.20. The molecule has 0 aliphatic heterocycles. The largest absolute Gasteiger partial charge is 0.496 e. The van der Waals surface area contributed by atoms with Crippen LogP contribution in [0.3, 0.4) is 0 Å². The molecule has 0 spiro atoms. The van der Waals surface area contributed by atoms with E-state index in [0.29, 0.717) is 35.7 Å². The first kappa shape index (κ1) is 22.5. The number of pyridine rings is 1. The molecule has 0 bridgehead atoms. The van der Waals surface area contributed by atoms with Crippen LogP contribution in [-0.2, 0) is 11.2 Å². The molecule has 160 valence electrons. The van der Waals surface area contributed by atoms with E-state index in [1.807, 2.05) is 49.4 Å². The number of rotatable bonds is 8. The van der Waals surface area contributed by atoms with Crippen LogP contribution in [0.25, 0.3) is 11.1 Å². The quantitative estimate of drug-likeness (QED) is 0.340. The van der Waals surface area contributed by atoms with E-state index in [1.54, 1.807) is 37.4 Å². The van der Waals surface area contributed by atoms with Crippen LogP contribution in [-0.4, -0.2) is 30.8 Å². The van der Waals surface area contributed by atoms with Gasteiger partial charge in [-0.15, -0.1) is 0 Å². The molecule has 0 atom stereocenters. The van der Waals surface area contributed by atoms with Gasteiger partial charge in [-0.05, 0) is 53.4 Å². The van der Waals surface area contributed by atoms with E-state index in [0.717, 1.165) is 22.4 Å². The van der Waals surface area contributed by atoms with Gasteiger partial charge in [0.15, 0.2) is 5.78 Å². The lowest BCUT2D eigenvalue weighted by Crippen LogP contribution is -2.24. The van der Waals surface area contributed by atoms with Gasteiger partial charge in [0, 0.05) is 31.8 Å². The zero-order chi connectivity index (χ0) is 22.4. The average Bonchev–Trinajstić information content (AvgIpc) is 2.82. The van der Waals surface area contributed by atoms with E-state index in [9.17, 15) is 9.59 Å². The Morgan fingerprint density at radius 2 is 1.74 bits per heavy atom. The van der Waals surface area contributed by atoms with Gasteiger partial charge in [0.25, 0.3) is 0 Å². The molecule has 31 heavy (non-hydrogen) atoms. The number of aryl methyl sites for hydroxylation is 1. The van der Waals surface area contributed by atoms with Crippen molar-refractivity contribution in [2.45, 2.75) is 26.2 Å². The second kappa shape index (κ2) is 10.2. The number of halogens is 1. The van der Waals surface area contributed by atoms with Gasteiger partial charge in [-0.1, -0.05) is 42.8 Å². The average molecular weight is 437 g/mol. The third-order valence-corrected chi connectivity index (χ3v) is 5.42. The SMILES string of the molecule is CCC(=O)N(C)c1ccc(-c2ccc(C(=O)CCc3ccc(Cl)nc3)c(OC)c2)cc1. The highest BCUT2D eigenvalue weighted by Gasteiger charge is 2.14. The Bertz CT molecular complexity index is 1060. The molecule has 0 saturated carbocycles. The lowest BCUT2D eigenvalue weighted by atomic mass is 9.98. The summed E-state index contributed by atoms with van der Waals surface area (Å²) in [6.45, 7) is 1.84. The van der Waals surface area contributed by atoms with Crippen LogP contribution in [0, 0.1) is 0 Å². The van der Waals surface area contributed by atoms with Crippen molar-refractivity contribution in [3.8, 4) is 16.9 Å². The molecule has 2 aromatic carbocycles. The maximum Gasteiger partial charge on any atom is 0.226 e. The molecule has 1 aromatic heterocycles. The number of hydrogen-bond donors (Lipinski definition) is 0. The Kier molecular flexibility index (Phi) is 7.42. The molecule has 0 aliphatic rings. The van der Waals surface area contributed by atoms with Crippen molar-refractivity contribution in [1.82, 2.24) is 4.98 Å². The normalized spacial score (nSPS) is 10.6. The molecule has 1 heterocycles. The summed E-state index contributed by atoms with van der Waals surface area (Å²) in [4.78, 5) is 30.3. The highest BCUT2D eigenvalue weighted by molar-refractivity contribution is 6.29. The van der Waals surface area contributed by atoms with Crippen molar-refractivity contribution in [2.75, 3.05) is 19.1 Å². The van der Waals surface area contributed by atoms with Crippen LogP contribution >= 0.6 is 11.6 Å². The summed E-state index contributed by atoms with van der Waals surface area (Å²) in [6.07, 6.45) is 3.08. The highest BCUT2D eigenvalue weighted by Crippen LogP contribution is 2.29. The maximum atomic E-state index is 12.8. The highest BCUT2D eigenvalue weighted by atomic mass is 35.5. The van der Waals surface area contributed by atoms with Crippen molar-refractivity contribution in [3.05, 3.63) is 77.1 Å². The van der Waals surface area contributed by atoms with E-state index in [2.05, 4.69) is 4.98 Å². The summed E-state index contributed by atoms with van der Waals surface area (Å²) in [6, 6.07) is 16.9. The molecule has 0 unspecified atom stereocenters. The topological polar surface area (TPSA) is 59.5 Å². The van der Waals surface area contributed by atoms with Gasteiger partial charge in [-0.3, -0.25) is 9.59 Å². The van der Waals surface area contributed by atoms with Crippen molar-refractivity contribution in [3.63, 3.8) is 0 Å². The fourth-order valence-electron chi connectivity index (χ4n) is 3.31. The van der Waals surface area contributed by atoms with Crippen LogP contribution in [0.2, 0.25) is 5.15 Å². The van der Waals surface area contributed by atoms with E-state index in [1.165, 1.54) is 0 Å². The number of methoxy groups -OCH3 is 1. The van der Waals surface area contributed by atoms with Crippen molar-refractivity contribution < 1.29 is 14.3 Å². The minimum Gasteiger partial charge on any atom is -0.496 e. The maximum absolute atomic E-state index is 12.8. The minimum atomic E-state index is 0.00778. The molecule has 5 nitrogen and oxygen atoms in total. The van der Waals surface area contributed by atoms with Gasteiger partial charge in [0.1, 0.15) is 10.9 Å². The summed E-state index contributed by atoms with van der Waals surface area (Å²) < 4.78 is 5.50. The Morgan fingerprint density at radius 3 is 2.35 bits per heavy atom. The standard InChI is InChI=1S/C25H25ClN2O3/c1-4-25(30)28(2)20-10-7-18(8-11-20)19-9-12-21(23(15-19)31-3)22(29)13-5-17-6-14-24(26)27-16-17/h6-12,14-16H,4-5,13H2,1-3H3. The lowest BCUT2D eigenvalue weighted by Gasteiger charge is -2.17. The number of Topliss-reactive ketones (excluding diaryl/α,β-unsaturated/α-hetero) is 1. The Balaban J connectivity index is 1.75. The molecular weight excluding hydrogens is 412 g/mol. The molecule has 0 saturated heterocycles. The number of aromatic nitrogens is 1. The number of carbonyl (C=O) groups is 2. The lowest BCUT2D eigenvalue weighted by molar-refractivity contribution is -0.118. The predicted octanol–water partition coefficient (Wildman–Crippen LogP) is 5.60. The number of hydrogen-bond acceptors (Lipinski definition) is 4. The molecule has 0 radical (unpaired) electrons.